The van der Waals surface area contributed by atoms with Crippen LogP contribution in [0.15, 0.2) is 36.4 Å². The van der Waals surface area contributed by atoms with Gasteiger partial charge in [0.2, 0.25) is 5.91 Å². The normalized spacial score (nSPS) is 16.2. The third-order valence-electron chi connectivity index (χ3n) is 4.25. The lowest BCUT2D eigenvalue weighted by Gasteiger charge is -2.27. The van der Waals surface area contributed by atoms with Gasteiger partial charge in [-0.1, -0.05) is 17.7 Å². The zero-order chi connectivity index (χ0) is 16.6. The summed E-state index contributed by atoms with van der Waals surface area (Å²) >= 11 is 6.14. The van der Waals surface area contributed by atoms with Crippen LogP contribution < -0.4 is 15.0 Å². The molecule has 0 saturated heterocycles. The van der Waals surface area contributed by atoms with Gasteiger partial charge in [0.1, 0.15) is 11.8 Å². The topological polar surface area (TPSA) is 41.6 Å². The molecule has 2 aromatic rings. The van der Waals surface area contributed by atoms with Gasteiger partial charge in [0.05, 0.1) is 7.11 Å². The number of carbonyl (C=O) groups is 1. The third kappa shape index (κ3) is 2.75. The predicted molar refractivity (Wildman–Crippen MR) is 92.9 cm³/mol. The monoisotopic (exact) mass is 330 g/mol. The Morgan fingerprint density at radius 2 is 2.09 bits per heavy atom. The molecule has 1 N–H and O–H groups in total. The van der Waals surface area contributed by atoms with Crippen LogP contribution in [0.1, 0.15) is 11.1 Å². The molecule has 0 aromatic heterocycles. The Hall–Kier alpha value is -2.20. The molecule has 1 aliphatic rings. The van der Waals surface area contributed by atoms with Crippen LogP contribution in [0.25, 0.3) is 0 Å². The minimum absolute atomic E-state index is 0.00669. The van der Waals surface area contributed by atoms with E-state index in [1.807, 2.05) is 43.3 Å². The van der Waals surface area contributed by atoms with E-state index in [9.17, 15) is 4.79 Å². The van der Waals surface area contributed by atoms with Gasteiger partial charge in [-0.05, 0) is 42.3 Å². The number of hydrogen-bond acceptors (Lipinski definition) is 3. The van der Waals surface area contributed by atoms with Gasteiger partial charge >= 0.3 is 0 Å². The Balaban J connectivity index is 2.12. The molecule has 0 fully saturated rings. The second-order valence-electron chi connectivity index (χ2n) is 5.63. The Morgan fingerprint density at radius 1 is 1.30 bits per heavy atom. The Kier molecular flexibility index (Phi) is 4.18. The summed E-state index contributed by atoms with van der Waals surface area (Å²) in [7, 11) is 3.31. The number of rotatable bonds is 3. The van der Waals surface area contributed by atoms with Crippen LogP contribution in [-0.2, 0) is 11.2 Å². The summed E-state index contributed by atoms with van der Waals surface area (Å²) in [5, 5.41) is 3.48. The maximum absolute atomic E-state index is 12.4. The molecule has 0 radical (unpaired) electrons. The third-order valence-corrected chi connectivity index (χ3v) is 4.67. The second-order valence-corrected chi connectivity index (χ2v) is 6.04. The summed E-state index contributed by atoms with van der Waals surface area (Å²) in [6, 6.07) is 11.5. The zero-order valence-corrected chi connectivity index (χ0v) is 14.1. The fourth-order valence-electron chi connectivity index (χ4n) is 3.01. The van der Waals surface area contributed by atoms with Crippen molar-refractivity contribution in [2.75, 3.05) is 19.1 Å². The van der Waals surface area contributed by atoms with Crippen LogP contribution in [0.4, 0.5) is 11.4 Å². The fraction of sp³-hybridized carbons (Fsp3) is 0.278. The second kappa shape index (κ2) is 6.13. The van der Waals surface area contributed by atoms with Crippen molar-refractivity contribution in [1.29, 1.82) is 0 Å². The van der Waals surface area contributed by atoms with E-state index in [1.165, 1.54) is 0 Å². The number of nitrogens with zero attached hydrogens (tertiary/aromatic N) is 1. The van der Waals surface area contributed by atoms with Crippen molar-refractivity contribution >= 4 is 28.9 Å². The molecule has 5 heteroatoms. The number of halogens is 1. The number of amides is 1. The first kappa shape index (κ1) is 15.7. The minimum atomic E-state index is -0.275. The molecule has 1 atom stereocenters. The first-order valence-corrected chi connectivity index (χ1v) is 7.87. The number of benzene rings is 2. The van der Waals surface area contributed by atoms with Crippen molar-refractivity contribution in [2.45, 2.75) is 19.4 Å². The summed E-state index contributed by atoms with van der Waals surface area (Å²) < 4.78 is 5.34. The highest BCUT2D eigenvalue weighted by Gasteiger charge is 2.35. The molecule has 4 nitrogen and oxygen atoms in total. The van der Waals surface area contributed by atoms with Crippen LogP contribution in [-0.4, -0.2) is 26.1 Å². The van der Waals surface area contributed by atoms with Gasteiger partial charge in [0.15, 0.2) is 0 Å². The summed E-state index contributed by atoms with van der Waals surface area (Å²) in [6.07, 6.45) is 0.667. The summed E-state index contributed by atoms with van der Waals surface area (Å²) in [5.74, 6) is 0.768. The highest BCUT2D eigenvalue weighted by Crippen LogP contribution is 2.41. The van der Waals surface area contributed by atoms with E-state index in [4.69, 9.17) is 16.3 Å². The molecular formula is C18H19ClN2O2. The number of methoxy groups -OCH3 is 1. The molecule has 0 bridgehead atoms. The van der Waals surface area contributed by atoms with Crippen LogP contribution in [0.3, 0.4) is 0 Å². The van der Waals surface area contributed by atoms with Gasteiger partial charge in [-0.3, -0.25) is 4.79 Å². The number of hydrogen-bond donors (Lipinski definition) is 1. The first-order chi connectivity index (χ1) is 11.0. The van der Waals surface area contributed by atoms with Crippen LogP contribution >= 0.6 is 11.6 Å². The van der Waals surface area contributed by atoms with Crippen molar-refractivity contribution in [1.82, 2.24) is 5.32 Å². The van der Waals surface area contributed by atoms with Crippen molar-refractivity contribution < 1.29 is 9.53 Å². The number of likely N-dealkylation sites (N-methyl/N-ethyl adjacent to an activating group) is 1. The maximum Gasteiger partial charge on any atom is 0.243 e. The van der Waals surface area contributed by atoms with Crippen LogP contribution in [0.2, 0.25) is 5.02 Å². The average molecular weight is 331 g/mol. The Bertz CT molecular complexity index is 761. The molecule has 3 rings (SSSR count). The molecular weight excluding hydrogens is 312 g/mol. The molecule has 1 amide bonds. The van der Waals surface area contributed by atoms with Crippen molar-refractivity contribution in [3.05, 3.63) is 52.5 Å². The molecule has 23 heavy (non-hydrogen) atoms. The summed E-state index contributed by atoms with van der Waals surface area (Å²) in [4.78, 5) is 14.4. The molecule has 1 unspecified atom stereocenters. The predicted octanol–water partition coefficient (Wildman–Crippen LogP) is 3.47. The summed E-state index contributed by atoms with van der Waals surface area (Å²) in [6.45, 7) is 1.96. The Labute approximate surface area is 141 Å². The van der Waals surface area contributed by atoms with E-state index in [0.717, 1.165) is 33.3 Å². The highest BCUT2D eigenvalue weighted by atomic mass is 35.5. The van der Waals surface area contributed by atoms with Gasteiger partial charge < -0.3 is 15.0 Å². The summed E-state index contributed by atoms with van der Waals surface area (Å²) in [5.41, 5.74) is 4.07. The van der Waals surface area contributed by atoms with E-state index in [-0.39, 0.29) is 11.9 Å². The molecule has 1 heterocycles. The largest absolute Gasteiger partial charge is 0.497 e. The first-order valence-electron chi connectivity index (χ1n) is 7.49. The SMILES string of the molecule is CNC(=O)C1Cc2ccc(OC)cc2N1c1ccc(Cl)c(C)c1. The quantitative estimate of drug-likeness (QED) is 0.937. The number of aryl methyl sites for hydroxylation is 1. The Morgan fingerprint density at radius 3 is 2.74 bits per heavy atom. The molecule has 0 aliphatic carbocycles. The lowest BCUT2D eigenvalue weighted by Crippen LogP contribution is -2.41. The van der Waals surface area contributed by atoms with Crippen LogP contribution in [0.5, 0.6) is 5.75 Å². The molecule has 1 aliphatic heterocycles. The van der Waals surface area contributed by atoms with E-state index < -0.39 is 0 Å². The molecule has 0 spiro atoms. The minimum Gasteiger partial charge on any atom is -0.497 e. The average Bonchev–Trinajstić information content (AvgIpc) is 2.95. The van der Waals surface area contributed by atoms with Crippen molar-refractivity contribution in [2.24, 2.45) is 0 Å². The highest BCUT2D eigenvalue weighted by molar-refractivity contribution is 6.31. The lowest BCUT2D eigenvalue weighted by molar-refractivity contribution is -0.121. The van der Waals surface area contributed by atoms with Gasteiger partial charge in [-0.2, -0.15) is 0 Å². The number of nitrogens with one attached hydrogen (secondary N) is 1. The van der Waals surface area contributed by atoms with Crippen molar-refractivity contribution in [3.63, 3.8) is 0 Å². The van der Waals surface area contributed by atoms with Gasteiger partial charge in [-0.15, -0.1) is 0 Å². The number of carbonyl (C=O) groups excluding carboxylic acids is 1. The van der Waals surface area contributed by atoms with Gasteiger partial charge in [-0.25, -0.2) is 0 Å². The van der Waals surface area contributed by atoms with E-state index in [0.29, 0.717) is 6.42 Å². The molecule has 2 aromatic carbocycles. The smallest absolute Gasteiger partial charge is 0.243 e. The number of ether oxygens (including phenoxy) is 1. The van der Waals surface area contributed by atoms with E-state index >= 15 is 0 Å². The van der Waals surface area contributed by atoms with Crippen LogP contribution in [0, 0.1) is 6.92 Å². The van der Waals surface area contributed by atoms with Gasteiger partial charge in [0.25, 0.3) is 0 Å². The number of fused-ring (bicyclic) bond motifs is 1. The lowest BCUT2D eigenvalue weighted by atomic mass is 10.1. The van der Waals surface area contributed by atoms with E-state index in [2.05, 4.69) is 10.2 Å². The molecule has 120 valence electrons. The van der Waals surface area contributed by atoms with E-state index in [1.54, 1.807) is 14.2 Å². The zero-order valence-electron chi connectivity index (χ0n) is 13.4. The maximum atomic E-state index is 12.4. The van der Waals surface area contributed by atoms with Crippen molar-refractivity contribution in [3.8, 4) is 5.75 Å². The molecule has 0 saturated carbocycles. The fourth-order valence-corrected chi connectivity index (χ4v) is 3.13. The van der Waals surface area contributed by atoms with Gasteiger partial charge in [0, 0.05) is 35.9 Å². The standard InChI is InChI=1S/C18H19ClN2O2/c1-11-8-13(5-7-15(11)19)21-16-10-14(23-3)6-4-12(16)9-17(21)18(22)20-2/h4-8,10,17H,9H2,1-3H3,(H,20,22). The number of anilines is 2.